The summed E-state index contributed by atoms with van der Waals surface area (Å²) >= 11 is 0. The number of hydrogen-bond donors (Lipinski definition) is 1. The molecule has 1 aliphatic rings. The highest BCUT2D eigenvalue weighted by atomic mass is 15.0. The molecule has 1 aromatic carbocycles. The lowest BCUT2D eigenvalue weighted by Crippen LogP contribution is -2.15. The third kappa shape index (κ3) is 2.42. The van der Waals surface area contributed by atoms with Gasteiger partial charge in [0.25, 0.3) is 0 Å². The number of hydrogen-bond acceptors (Lipinski definition) is 1. The van der Waals surface area contributed by atoms with Crippen LogP contribution in [-0.2, 0) is 0 Å². The van der Waals surface area contributed by atoms with E-state index in [-0.39, 0.29) is 0 Å². The van der Waals surface area contributed by atoms with Crippen molar-refractivity contribution >= 4 is 5.69 Å². The Morgan fingerprint density at radius 2 is 1.94 bits per heavy atom. The highest BCUT2D eigenvalue weighted by molar-refractivity contribution is 5.52. The van der Waals surface area contributed by atoms with E-state index in [0.29, 0.717) is 6.04 Å². The summed E-state index contributed by atoms with van der Waals surface area (Å²) in [5.74, 6) is 0.870. The van der Waals surface area contributed by atoms with Crippen LogP contribution in [0, 0.1) is 5.92 Å². The molecular weight excluding hydrogens is 220 g/mol. The highest BCUT2D eigenvalue weighted by Gasteiger charge is 2.20. The number of anilines is 1. The van der Waals surface area contributed by atoms with Crippen LogP contribution in [0.5, 0.6) is 0 Å². The molecule has 0 spiro atoms. The van der Waals surface area contributed by atoms with Crippen LogP contribution in [-0.4, -0.2) is 10.6 Å². The van der Waals surface area contributed by atoms with Gasteiger partial charge >= 0.3 is 0 Å². The Labute approximate surface area is 109 Å². The predicted octanol–water partition coefficient (Wildman–Crippen LogP) is 4.08. The quantitative estimate of drug-likeness (QED) is 0.855. The molecule has 18 heavy (non-hydrogen) atoms. The second kappa shape index (κ2) is 4.89. The van der Waals surface area contributed by atoms with E-state index in [0.717, 1.165) is 5.92 Å². The standard InChI is InChI=1S/C16H20N2/c1-13-7-8-15(11-13)17-14-5-4-6-16(12-14)18-9-2-3-10-18/h2-6,9-10,12-13,15,17H,7-8,11H2,1H3. The van der Waals surface area contributed by atoms with E-state index in [4.69, 9.17) is 0 Å². The van der Waals surface area contributed by atoms with Gasteiger partial charge in [-0.2, -0.15) is 0 Å². The van der Waals surface area contributed by atoms with Crippen molar-refractivity contribution in [1.82, 2.24) is 4.57 Å². The molecule has 0 saturated heterocycles. The Kier molecular flexibility index (Phi) is 3.09. The number of rotatable bonds is 3. The van der Waals surface area contributed by atoms with Gasteiger partial charge in [-0.05, 0) is 55.5 Å². The molecule has 2 aromatic rings. The first-order valence-corrected chi connectivity index (χ1v) is 6.81. The maximum absolute atomic E-state index is 3.66. The minimum Gasteiger partial charge on any atom is -0.382 e. The molecular formula is C16H20N2. The molecule has 1 aromatic heterocycles. The second-order valence-electron chi connectivity index (χ2n) is 5.40. The first kappa shape index (κ1) is 11.4. The summed E-state index contributed by atoms with van der Waals surface area (Å²) in [5.41, 5.74) is 2.45. The van der Waals surface area contributed by atoms with Gasteiger partial charge in [0.1, 0.15) is 0 Å². The molecule has 2 heteroatoms. The zero-order valence-corrected chi connectivity index (χ0v) is 10.8. The van der Waals surface area contributed by atoms with E-state index in [1.807, 2.05) is 0 Å². The Bertz CT molecular complexity index is 502. The van der Waals surface area contributed by atoms with E-state index >= 15 is 0 Å². The van der Waals surface area contributed by atoms with Gasteiger partial charge in [-0.25, -0.2) is 0 Å². The minimum atomic E-state index is 0.653. The third-order valence-electron chi connectivity index (χ3n) is 3.81. The number of nitrogens with zero attached hydrogens (tertiary/aromatic N) is 1. The topological polar surface area (TPSA) is 17.0 Å². The third-order valence-corrected chi connectivity index (χ3v) is 3.81. The predicted molar refractivity (Wildman–Crippen MR) is 76.2 cm³/mol. The second-order valence-corrected chi connectivity index (χ2v) is 5.40. The van der Waals surface area contributed by atoms with E-state index in [9.17, 15) is 0 Å². The summed E-state index contributed by atoms with van der Waals surface area (Å²) in [6.07, 6.45) is 8.12. The molecule has 0 amide bonds. The van der Waals surface area contributed by atoms with Crippen LogP contribution in [0.15, 0.2) is 48.8 Å². The summed E-state index contributed by atoms with van der Waals surface area (Å²) in [7, 11) is 0. The highest BCUT2D eigenvalue weighted by Crippen LogP contribution is 2.28. The lowest BCUT2D eigenvalue weighted by Gasteiger charge is -2.15. The van der Waals surface area contributed by atoms with Crippen molar-refractivity contribution in [2.75, 3.05) is 5.32 Å². The van der Waals surface area contributed by atoms with Crippen molar-refractivity contribution in [3.63, 3.8) is 0 Å². The molecule has 0 radical (unpaired) electrons. The summed E-state index contributed by atoms with van der Waals surface area (Å²) in [4.78, 5) is 0. The first-order valence-electron chi connectivity index (χ1n) is 6.81. The maximum Gasteiger partial charge on any atom is 0.0469 e. The monoisotopic (exact) mass is 240 g/mol. The Balaban J connectivity index is 1.75. The van der Waals surface area contributed by atoms with Crippen LogP contribution >= 0.6 is 0 Å². The molecule has 1 aliphatic carbocycles. The van der Waals surface area contributed by atoms with Gasteiger partial charge in [0.05, 0.1) is 0 Å². The lowest BCUT2D eigenvalue weighted by molar-refractivity contribution is 0.602. The fraction of sp³-hybridized carbons (Fsp3) is 0.375. The number of benzene rings is 1. The average molecular weight is 240 g/mol. The van der Waals surface area contributed by atoms with Crippen LogP contribution in [0.2, 0.25) is 0 Å². The van der Waals surface area contributed by atoms with E-state index in [2.05, 4.69) is 65.6 Å². The molecule has 1 fully saturated rings. The van der Waals surface area contributed by atoms with Gasteiger partial charge in [-0.15, -0.1) is 0 Å². The maximum atomic E-state index is 3.66. The van der Waals surface area contributed by atoms with Crippen LogP contribution in [0.4, 0.5) is 5.69 Å². The largest absolute Gasteiger partial charge is 0.382 e. The van der Waals surface area contributed by atoms with Crippen molar-refractivity contribution in [2.24, 2.45) is 5.92 Å². The Morgan fingerprint density at radius 3 is 2.67 bits per heavy atom. The molecule has 2 unspecified atom stereocenters. The van der Waals surface area contributed by atoms with Crippen LogP contribution in [0.1, 0.15) is 26.2 Å². The van der Waals surface area contributed by atoms with Gasteiger partial charge in [-0.1, -0.05) is 13.0 Å². The smallest absolute Gasteiger partial charge is 0.0469 e. The molecule has 2 atom stereocenters. The molecule has 3 rings (SSSR count). The lowest BCUT2D eigenvalue weighted by atomic mass is 10.1. The molecule has 2 nitrogen and oxygen atoms in total. The Hall–Kier alpha value is -1.70. The zero-order valence-electron chi connectivity index (χ0n) is 10.8. The molecule has 0 bridgehead atoms. The summed E-state index contributed by atoms with van der Waals surface area (Å²) in [6.45, 7) is 2.35. The van der Waals surface area contributed by atoms with Crippen LogP contribution < -0.4 is 5.32 Å². The van der Waals surface area contributed by atoms with Crippen molar-refractivity contribution < 1.29 is 0 Å². The van der Waals surface area contributed by atoms with Gasteiger partial charge in [0.2, 0.25) is 0 Å². The molecule has 1 heterocycles. The van der Waals surface area contributed by atoms with Crippen molar-refractivity contribution in [3.8, 4) is 5.69 Å². The minimum absolute atomic E-state index is 0.653. The summed E-state index contributed by atoms with van der Waals surface area (Å²) in [5, 5.41) is 3.66. The van der Waals surface area contributed by atoms with Gasteiger partial charge in [0.15, 0.2) is 0 Å². The van der Waals surface area contributed by atoms with Gasteiger partial charge in [0, 0.05) is 29.8 Å². The first-order chi connectivity index (χ1) is 8.81. The summed E-state index contributed by atoms with van der Waals surface area (Å²) < 4.78 is 2.14. The zero-order chi connectivity index (χ0) is 12.4. The van der Waals surface area contributed by atoms with E-state index in [1.54, 1.807) is 0 Å². The van der Waals surface area contributed by atoms with Gasteiger partial charge in [-0.3, -0.25) is 0 Å². The van der Waals surface area contributed by atoms with Crippen LogP contribution in [0.3, 0.4) is 0 Å². The van der Waals surface area contributed by atoms with E-state index < -0.39 is 0 Å². The van der Waals surface area contributed by atoms with Crippen molar-refractivity contribution in [1.29, 1.82) is 0 Å². The molecule has 94 valence electrons. The molecule has 0 aliphatic heterocycles. The Morgan fingerprint density at radius 1 is 1.11 bits per heavy atom. The SMILES string of the molecule is CC1CCC(Nc2cccc(-n3cccc3)c2)C1. The fourth-order valence-corrected chi connectivity index (χ4v) is 2.84. The van der Waals surface area contributed by atoms with Gasteiger partial charge < -0.3 is 9.88 Å². The van der Waals surface area contributed by atoms with Crippen LogP contribution in [0.25, 0.3) is 5.69 Å². The van der Waals surface area contributed by atoms with E-state index in [1.165, 1.54) is 30.6 Å². The number of aromatic nitrogens is 1. The molecule has 1 saturated carbocycles. The van der Waals surface area contributed by atoms with Crippen molar-refractivity contribution in [2.45, 2.75) is 32.2 Å². The number of nitrogens with one attached hydrogen (secondary N) is 1. The normalized spacial score (nSPS) is 23.2. The fourth-order valence-electron chi connectivity index (χ4n) is 2.84. The summed E-state index contributed by atoms with van der Waals surface area (Å²) in [6, 6.07) is 13.4. The molecule has 1 N–H and O–H groups in total. The van der Waals surface area contributed by atoms with Crippen molar-refractivity contribution in [3.05, 3.63) is 48.8 Å². The average Bonchev–Trinajstić information content (AvgIpc) is 3.01.